The Hall–Kier alpha value is -4.47. The van der Waals surface area contributed by atoms with Crippen LogP contribution in [0.1, 0.15) is 17.0 Å². The van der Waals surface area contributed by atoms with E-state index in [0.717, 1.165) is 11.3 Å². The van der Waals surface area contributed by atoms with Gasteiger partial charge in [-0.1, -0.05) is 0 Å². The smallest absolute Gasteiger partial charge is 0.246 e. The van der Waals surface area contributed by atoms with Crippen LogP contribution in [0.2, 0.25) is 0 Å². The van der Waals surface area contributed by atoms with E-state index in [2.05, 4.69) is 20.8 Å². The van der Waals surface area contributed by atoms with Crippen molar-refractivity contribution in [3.63, 3.8) is 0 Å². The van der Waals surface area contributed by atoms with Gasteiger partial charge in [-0.05, 0) is 62.4 Å². The molecule has 2 aromatic carbocycles. The van der Waals surface area contributed by atoms with Crippen LogP contribution in [0.3, 0.4) is 0 Å². The van der Waals surface area contributed by atoms with E-state index in [0.29, 0.717) is 28.5 Å². The number of nitrogens with one attached hydrogen (secondary N) is 2. The van der Waals surface area contributed by atoms with Gasteiger partial charge in [-0.15, -0.1) is 0 Å². The molecule has 0 atom stereocenters. The van der Waals surface area contributed by atoms with Crippen LogP contribution in [0, 0.1) is 19.7 Å². The summed E-state index contributed by atoms with van der Waals surface area (Å²) >= 11 is 0. The van der Waals surface area contributed by atoms with Gasteiger partial charge in [0, 0.05) is 23.1 Å². The molecule has 0 saturated carbocycles. The van der Waals surface area contributed by atoms with Crippen molar-refractivity contribution < 1.29 is 18.7 Å². The van der Waals surface area contributed by atoms with Gasteiger partial charge in [-0.25, -0.2) is 9.07 Å². The van der Waals surface area contributed by atoms with Crippen LogP contribution in [0.25, 0.3) is 5.69 Å². The number of carbonyl (C=O) groups excluding carboxylic acids is 2. The van der Waals surface area contributed by atoms with Gasteiger partial charge >= 0.3 is 0 Å². The molecule has 0 radical (unpaired) electrons. The number of ether oxygens (including phenoxy) is 1. The molecule has 2 N–H and O–H groups in total. The van der Waals surface area contributed by atoms with Crippen molar-refractivity contribution >= 4 is 23.2 Å². The number of rotatable bonds is 8. The van der Waals surface area contributed by atoms with Gasteiger partial charge in [-0.3, -0.25) is 14.3 Å². The first-order chi connectivity index (χ1) is 16.8. The van der Waals surface area contributed by atoms with Gasteiger partial charge in [0.05, 0.1) is 36.8 Å². The number of benzene rings is 2. The third-order valence-electron chi connectivity index (χ3n) is 5.45. The molecule has 0 aliphatic rings. The van der Waals surface area contributed by atoms with Crippen LogP contribution in [-0.4, -0.2) is 38.5 Å². The number of nitrogens with zero attached hydrogens (tertiary/aromatic N) is 4. The van der Waals surface area contributed by atoms with Gasteiger partial charge < -0.3 is 15.4 Å². The fraction of sp³-hybridized carbons (Fsp3) is 0.200. The van der Waals surface area contributed by atoms with Crippen LogP contribution in [-0.2, 0) is 22.6 Å². The molecule has 35 heavy (non-hydrogen) atoms. The van der Waals surface area contributed by atoms with E-state index < -0.39 is 0 Å². The van der Waals surface area contributed by atoms with Crippen molar-refractivity contribution in [2.75, 3.05) is 17.7 Å². The van der Waals surface area contributed by atoms with Crippen molar-refractivity contribution in [1.29, 1.82) is 0 Å². The highest BCUT2D eigenvalue weighted by atomic mass is 19.1. The Balaban J connectivity index is 1.35. The molecule has 4 rings (SSSR count). The number of methoxy groups -OCH3 is 1. The number of hydrogen-bond donors (Lipinski definition) is 2. The predicted octanol–water partition coefficient (Wildman–Crippen LogP) is 3.65. The number of carbonyl (C=O) groups is 2. The molecular weight excluding hydrogens is 451 g/mol. The second-order valence-corrected chi connectivity index (χ2v) is 7.97. The number of amides is 2. The van der Waals surface area contributed by atoms with Crippen molar-refractivity contribution in [2.24, 2.45) is 0 Å². The maximum absolute atomic E-state index is 13.2. The minimum atomic E-state index is -0.325. The number of aryl methyl sites for hydroxylation is 1. The molecule has 2 amide bonds. The summed E-state index contributed by atoms with van der Waals surface area (Å²) in [6.07, 6.45) is 3.19. The summed E-state index contributed by atoms with van der Waals surface area (Å²) in [6.45, 7) is 3.69. The number of anilines is 2. The second kappa shape index (κ2) is 10.2. The molecule has 0 saturated heterocycles. The van der Waals surface area contributed by atoms with Crippen LogP contribution >= 0.6 is 0 Å². The topological polar surface area (TPSA) is 103 Å². The van der Waals surface area contributed by atoms with E-state index in [9.17, 15) is 14.0 Å². The van der Waals surface area contributed by atoms with Gasteiger partial charge in [-0.2, -0.15) is 10.2 Å². The molecule has 0 aliphatic carbocycles. The lowest BCUT2D eigenvalue weighted by Gasteiger charge is -2.07. The summed E-state index contributed by atoms with van der Waals surface area (Å²) in [7, 11) is 1.57. The van der Waals surface area contributed by atoms with Gasteiger partial charge in [0.25, 0.3) is 0 Å². The maximum Gasteiger partial charge on any atom is 0.246 e. The van der Waals surface area contributed by atoms with Crippen LogP contribution in [0.15, 0.2) is 60.9 Å². The summed E-state index contributed by atoms with van der Waals surface area (Å²) in [6, 6.07) is 13.0. The number of halogens is 1. The van der Waals surface area contributed by atoms with E-state index in [4.69, 9.17) is 4.74 Å². The Labute approximate surface area is 201 Å². The summed E-state index contributed by atoms with van der Waals surface area (Å²) in [5.74, 6) is -0.120. The quantitative estimate of drug-likeness (QED) is 0.404. The van der Waals surface area contributed by atoms with E-state index in [1.165, 1.54) is 23.0 Å². The molecule has 4 aromatic rings. The highest BCUT2D eigenvalue weighted by Gasteiger charge is 2.17. The lowest BCUT2D eigenvalue weighted by molar-refractivity contribution is -0.117. The van der Waals surface area contributed by atoms with Crippen LogP contribution in [0.4, 0.5) is 15.8 Å². The molecule has 10 heteroatoms. The molecule has 0 bridgehead atoms. The number of aromatic nitrogens is 4. The van der Waals surface area contributed by atoms with Gasteiger partial charge in [0.15, 0.2) is 0 Å². The Morgan fingerprint density at radius 1 is 0.971 bits per heavy atom. The molecule has 2 aromatic heterocycles. The zero-order valence-electron chi connectivity index (χ0n) is 19.6. The Kier molecular flexibility index (Phi) is 6.91. The lowest BCUT2D eigenvalue weighted by Crippen LogP contribution is -2.19. The normalized spacial score (nSPS) is 10.7. The lowest BCUT2D eigenvalue weighted by atomic mass is 10.1. The molecule has 9 nitrogen and oxygen atoms in total. The summed E-state index contributed by atoms with van der Waals surface area (Å²) in [4.78, 5) is 25.0. The van der Waals surface area contributed by atoms with E-state index in [-0.39, 0.29) is 30.6 Å². The predicted molar refractivity (Wildman–Crippen MR) is 129 cm³/mol. The first-order valence-electron chi connectivity index (χ1n) is 10.9. The van der Waals surface area contributed by atoms with Crippen molar-refractivity contribution in [1.82, 2.24) is 19.6 Å². The minimum absolute atomic E-state index is 0.00937. The van der Waals surface area contributed by atoms with Gasteiger partial charge in [0.1, 0.15) is 18.1 Å². The van der Waals surface area contributed by atoms with Crippen molar-refractivity contribution in [3.05, 3.63) is 83.7 Å². The molecule has 2 heterocycles. The standard InChI is InChI=1S/C25H25FN6O3/c1-16-23(17(2)32(30-16)21-8-4-18(26)5-9-21)12-24(33)29-20-13-27-31(14-20)15-25(34)28-19-6-10-22(35-3)11-7-19/h4-11,13-14H,12,15H2,1-3H3,(H,28,34)(H,29,33). The average molecular weight is 477 g/mol. The van der Waals surface area contributed by atoms with Crippen LogP contribution in [0.5, 0.6) is 5.75 Å². The monoisotopic (exact) mass is 476 g/mol. The molecular formula is C25H25FN6O3. The second-order valence-electron chi connectivity index (χ2n) is 7.97. The minimum Gasteiger partial charge on any atom is -0.497 e. The number of hydrogen-bond acceptors (Lipinski definition) is 5. The van der Waals surface area contributed by atoms with Gasteiger partial charge in [0.2, 0.25) is 11.8 Å². The van der Waals surface area contributed by atoms with E-state index >= 15 is 0 Å². The first-order valence-corrected chi connectivity index (χ1v) is 10.9. The maximum atomic E-state index is 13.2. The zero-order valence-corrected chi connectivity index (χ0v) is 19.6. The van der Waals surface area contributed by atoms with Crippen molar-refractivity contribution in [3.8, 4) is 11.4 Å². The summed E-state index contributed by atoms with van der Waals surface area (Å²) in [5.41, 5.74) is 4.14. The first kappa shape index (κ1) is 23.7. The molecule has 0 spiro atoms. The summed E-state index contributed by atoms with van der Waals surface area (Å²) < 4.78 is 21.5. The molecule has 180 valence electrons. The van der Waals surface area contributed by atoms with Crippen molar-refractivity contribution in [2.45, 2.75) is 26.8 Å². The van der Waals surface area contributed by atoms with E-state index in [1.54, 1.807) is 54.4 Å². The Morgan fingerprint density at radius 3 is 2.34 bits per heavy atom. The zero-order chi connectivity index (χ0) is 24.9. The molecule has 0 unspecified atom stereocenters. The Bertz CT molecular complexity index is 1340. The fourth-order valence-electron chi connectivity index (χ4n) is 3.67. The largest absolute Gasteiger partial charge is 0.497 e. The molecule has 0 aliphatic heterocycles. The van der Waals surface area contributed by atoms with E-state index in [1.807, 2.05) is 13.8 Å². The third kappa shape index (κ3) is 5.72. The fourth-order valence-corrected chi connectivity index (χ4v) is 3.67. The van der Waals surface area contributed by atoms with Crippen LogP contribution < -0.4 is 15.4 Å². The highest BCUT2D eigenvalue weighted by Crippen LogP contribution is 2.20. The third-order valence-corrected chi connectivity index (χ3v) is 5.45. The SMILES string of the molecule is COc1ccc(NC(=O)Cn2cc(NC(=O)Cc3c(C)nn(-c4ccc(F)cc4)c3C)cn2)cc1. The summed E-state index contributed by atoms with van der Waals surface area (Å²) in [5, 5.41) is 14.2. The highest BCUT2D eigenvalue weighted by molar-refractivity contribution is 5.93. The Morgan fingerprint density at radius 2 is 1.66 bits per heavy atom. The molecule has 0 fully saturated rings. The average Bonchev–Trinajstić information content (AvgIpc) is 3.38.